The average molecular weight is 392 g/mol. The predicted octanol–water partition coefficient (Wildman–Crippen LogP) is 0.172. The molecule has 0 saturated carbocycles. The molecule has 2 fully saturated rings. The lowest BCUT2D eigenvalue weighted by molar-refractivity contribution is -0.133. The van der Waals surface area contributed by atoms with E-state index in [0.717, 1.165) is 32.4 Å². The molecule has 0 spiro atoms. The van der Waals surface area contributed by atoms with Gasteiger partial charge in [-0.2, -0.15) is 0 Å². The Balaban J connectivity index is 0.00000225. The normalized spacial score (nSPS) is 23.2. The third-order valence-electron chi connectivity index (χ3n) is 4.93. The number of fused-ring (bicyclic) bond motifs is 2. The molecule has 2 aliphatic heterocycles. The van der Waals surface area contributed by atoms with E-state index in [2.05, 4.69) is 15.0 Å². The monoisotopic (exact) mass is 391 g/mol. The number of nitrogens with zero attached hydrogens (tertiary/aromatic N) is 3. The molecule has 1 aromatic heterocycles. The number of aromatic nitrogens is 2. The van der Waals surface area contributed by atoms with Crippen LogP contribution in [0.2, 0.25) is 0 Å². The molecule has 3 heterocycles. The zero-order valence-corrected chi connectivity index (χ0v) is 16.2. The van der Waals surface area contributed by atoms with Crippen molar-refractivity contribution in [2.45, 2.75) is 49.7 Å². The van der Waals surface area contributed by atoms with Gasteiger partial charge in [0.15, 0.2) is 5.03 Å². The molecular formula is C15H26ClN5O3S. The van der Waals surface area contributed by atoms with Crippen LogP contribution in [0.3, 0.4) is 0 Å². The summed E-state index contributed by atoms with van der Waals surface area (Å²) in [4.78, 5) is 18.5. The van der Waals surface area contributed by atoms with Crippen LogP contribution in [0.15, 0.2) is 11.2 Å². The van der Waals surface area contributed by atoms with Gasteiger partial charge in [0.1, 0.15) is 5.82 Å². The van der Waals surface area contributed by atoms with E-state index in [1.54, 1.807) is 18.5 Å². The number of rotatable bonds is 5. The summed E-state index contributed by atoms with van der Waals surface area (Å²) in [6.07, 6.45) is 4.71. The number of halogens is 1. The molecule has 2 aliphatic rings. The van der Waals surface area contributed by atoms with E-state index in [0.29, 0.717) is 11.9 Å². The quantitative estimate of drug-likeness (QED) is 0.746. The van der Waals surface area contributed by atoms with E-state index in [-0.39, 0.29) is 42.3 Å². The molecule has 0 radical (unpaired) electrons. The van der Waals surface area contributed by atoms with Gasteiger partial charge in [-0.3, -0.25) is 4.79 Å². The molecule has 25 heavy (non-hydrogen) atoms. The van der Waals surface area contributed by atoms with Gasteiger partial charge in [0.2, 0.25) is 5.91 Å². The van der Waals surface area contributed by atoms with Crippen molar-refractivity contribution in [2.24, 2.45) is 7.05 Å². The minimum Gasteiger partial charge on any atom is -0.337 e. The summed E-state index contributed by atoms with van der Waals surface area (Å²) in [5.74, 6) is 0.659. The van der Waals surface area contributed by atoms with Gasteiger partial charge in [-0.25, -0.2) is 18.1 Å². The smallest absolute Gasteiger partial charge is 0.259 e. The molecule has 1 aromatic rings. The van der Waals surface area contributed by atoms with Crippen LogP contribution in [0.1, 0.15) is 31.5 Å². The number of carbonyl (C=O) groups excluding carboxylic acids is 1. The van der Waals surface area contributed by atoms with Crippen molar-refractivity contribution in [3.8, 4) is 0 Å². The second-order valence-electron chi connectivity index (χ2n) is 6.56. The Kier molecular flexibility index (Phi) is 6.47. The summed E-state index contributed by atoms with van der Waals surface area (Å²) in [7, 11) is -1.93. The lowest BCUT2D eigenvalue weighted by atomic mass is 10.1. The van der Waals surface area contributed by atoms with Crippen LogP contribution in [0.25, 0.3) is 0 Å². The third-order valence-corrected chi connectivity index (χ3v) is 6.27. The predicted molar refractivity (Wildman–Crippen MR) is 96.1 cm³/mol. The topological polar surface area (TPSA) is 96.3 Å². The number of hydrogen-bond acceptors (Lipinski definition) is 5. The first-order valence-electron chi connectivity index (χ1n) is 8.40. The highest BCUT2D eigenvalue weighted by atomic mass is 35.5. The SMILES string of the molecule is Cc1nc(S(=O)(=O)NCCC(=O)N2C3CCNCC2CC3)cn1C.Cl. The molecule has 2 N–H and O–H groups in total. The van der Waals surface area contributed by atoms with Crippen LogP contribution in [-0.2, 0) is 21.9 Å². The Morgan fingerprint density at radius 2 is 2.08 bits per heavy atom. The molecule has 10 heteroatoms. The van der Waals surface area contributed by atoms with Crippen LogP contribution in [0.4, 0.5) is 0 Å². The summed E-state index contributed by atoms with van der Waals surface area (Å²) in [5.41, 5.74) is 0. The van der Waals surface area contributed by atoms with Gasteiger partial charge in [0.05, 0.1) is 0 Å². The summed E-state index contributed by atoms with van der Waals surface area (Å²) < 4.78 is 28.6. The van der Waals surface area contributed by atoms with Gasteiger partial charge < -0.3 is 14.8 Å². The fraction of sp³-hybridized carbons (Fsp3) is 0.733. The number of nitrogens with one attached hydrogen (secondary N) is 2. The largest absolute Gasteiger partial charge is 0.337 e. The molecule has 2 saturated heterocycles. The van der Waals surface area contributed by atoms with Crippen LogP contribution < -0.4 is 10.0 Å². The Morgan fingerprint density at radius 1 is 1.36 bits per heavy atom. The first-order valence-corrected chi connectivity index (χ1v) is 9.88. The summed E-state index contributed by atoms with van der Waals surface area (Å²) in [6.45, 7) is 3.61. The maximum atomic E-state index is 12.5. The highest BCUT2D eigenvalue weighted by Crippen LogP contribution is 2.28. The molecule has 2 bridgehead atoms. The average Bonchev–Trinajstić information content (AvgIpc) is 2.98. The molecule has 2 atom stereocenters. The fourth-order valence-corrected chi connectivity index (χ4v) is 4.61. The molecule has 8 nitrogen and oxygen atoms in total. The minimum absolute atomic E-state index is 0. The minimum atomic E-state index is -3.67. The molecule has 0 aliphatic carbocycles. The maximum Gasteiger partial charge on any atom is 0.259 e. The van der Waals surface area contributed by atoms with Gasteiger partial charge in [-0.05, 0) is 32.7 Å². The number of amides is 1. The molecule has 0 aromatic carbocycles. The molecule has 3 rings (SSSR count). The van der Waals surface area contributed by atoms with E-state index in [9.17, 15) is 13.2 Å². The second-order valence-corrected chi connectivity index (χ2v) is 8.28. The summed E-state index contributed by atoms with van der Waals surface area (Å²) in [6, 6.07) is 0.549. The highest BCUT2D eigenvalue weighted by molar-refractivity contribution is 7.89. The fourth-order valence-electron chi connectivity index (χ4n) is 3.54. The Labute approximate surface area is 154 Å². The first kappa shape index (κ1) is 20.2. The van der Waals surface area contributed by atoms with Crippen molar-refractivity contribution in [1.29, 1.82) is 0 Å². The summed E-state index contributed by atoms with van der Waals surface area (Å²) in [5, 5.41) is 3.35. The van der Waals surface area contributed by atoms with Gasteiger partial charge in [-0.1, -0.05) is 0 Å². The Hall–Kier alpha value is -1.16. The van der Waals surface area contributed by atoms with E-state index in [1.165, 1.54) is 6.20 Å². The van der Waals surface area contributed by atoms with Crippen LogP contribution in [0.5, 0.6) is 0 Å². The van der Waals surface area contributed by atoms with Gasteiger partial charge in [-0.15, -0.1) is 12.4 Å². The van der Waals surface area contributed by atoms with E-state index in [4.69, 9.17) is 0 Å². The second kappa shape index (κ2) is 8.03. The summed E-state index contributed by atoms with van der Waals surface area (Å²) >= 11 is 0. The van der Waals surface area contributed by atoms with E-state index in [1.807, 2.05) is 4.90 Å². The number of carbonyl (C=O) groups is 1. The molecular weight excluding hydrogens is 366 g/mol. The van der Waals surface area contributed by atoms with Crippen molar-refractivity contribution in [3.63, 3.8) is 0 Å². The highest BCUT2D eigenvalue weighted by Gasteiger charge is 2.37. The van der Waals surface area contributed by atoms with Crippen molar-refractivity contribution in [2.75, 3.05) is 19.6 Å². The maximum absolute atomic E-state index is 12.5. The van der Waals surface area contributed by atoms with Gasteiger partial charge in [0.25, 0.3) is 10.0 Å². The molecule has 1 amide bonds. The molecule has 2 unspecified atom stereocenters. The Bertz CT molecular complexity index is 687. The molecule has 142 valence electrons. The lowest BCUT2D eigenvalue weighted by Crippen LogP contribution is -2.43. The van der Waals surface area contributed by atoms with Gasteiger partial charge >= 0.3 is 0 Å². The zero-order chi connectivity index (χ0) is 17.3. The van der Waals surface area contributed by atoms with Crippen molar-refractivity contribution in [1.82, 2.24) is 24.5 Å². The van der Waals surface area contributed by atoms with Crippen molar-refractivity contribution < 1.29 is 13.2 Å². The van der Waals surface area contributed by atoms with Crippen LogP contribution in [-0.4, -0.2) is 60.5 Å². The first-order chi connectivity index (χ1) is 11.4. The number of aryl methyl sites for hydroxylation is 2. The van der Waals surface area contributed by atoms with Crippen molar-refractivity contribution in [3.05, 3.63) is 12.0 Å². The third kappa shape index (κ3) is 4.33. The van der Waals surface area contributed by atoms with Crippen molar-refractivity contribution >= 4 is 28.3 Å². The number of imidazole rings is 1. The standard InChI is InChI=1S/C15H25N5O3S.ClH/c1-11-18-14(10-19(11)2)24(22,23)17-8-6-15(21)20-12-3-4-13(20)9-16-7-5-12;/h10,12-13,16-17H,3-9H2,1-2H3;1H. The van der Waals surface area contributed by atoms with E-state index >= 15 is 0 Å². The van der Waals surface area contributed by atoms with Crippen LogP contribution in [0, 0.1) is 6.92 Å². The van der Waals surface area contributed by atoms with E-state index < -0.39 is 10.0 Å². The Morgan fingerprint density at radius 3 is 2.76 bits per heavy atom. The van der Waals surface area contributed by atoms with Crippen LogP contribution >= 0.6 is 12.4 Å². The number of hydrogen-bond donors (Lipinski definition) is 2. The van der Waals surface area contributed by atoms with Gasteiger partial charge in [0, 0.05) is 44.8 Å². The lowest BCUT2D eigenvalue weighted by Gasteiger charge is -2.28. The zero-order valence-electron chi connectivity index (χ0n) is 14.6. The number of sulfonamides is 1.